The molecule has 0 fully saturated rings. The van der Waals surface area contributed by atoms with E-state index in [-0.39, 0.29) is 5.56 Å². The average Bonchev–Trinajstić information content (AvgIpc) is 3.14. The lowest BCUT2D eigenvalue weighted by Crippen LogP contribution is -2.17. The second-order valence-electron chi connectivity index (χ2n) is 6.35. The lowest BCUT2D eigenvalue weighted by Gasteiger charge is -2.01. The number of rotatable bonds is 3. The average molecular weight is 362 g/mol. The first-order valence-electron chi connectivity index (χ1n) is 8.31. The van der Waals surface area contributed by atoms with Gasteiger partial charge in [-0.3, -0.25) is 9.89 Å². The fraction of sp³-hybridized carbons (Fsp3) is 0.150. The van der Waals surface area contributed by atoms with Gasteiger partial charge in [-0.1, -0.05) is 35.1 Å². The number of benzene rings is 2. The molecule has 0 aliphatic carbocycles. The van der Waals surface area contributed by atoms with Gasteiger partial charge >= 0.3 is 0 Å². The molecule has 0 spiro atoms. The smallest absolute Gasteiger partial charge is 0.280 e. The number of aromatic nitrogens is 3. The van der Waals surface area contributed by atoms with E-state index < -0.39 is 0 Å². The first-order chi connectivity index (χ1) is 12.5. The Labute approximate surface area is 154 Å². The van der Waals surface area contributed by atoms with E-state index in [0.717, 1.165) is 27.2 Å². The Morgan fingerprint density at radius 3 is 2.58 bits per heavy atom. The second-order valence-corrected chi connectivity index (χ2v) is 7.36. The van der Waals surface area contributed by atoms with Gasteiger partial charge in [0.1, 0.15) is 0 Å². The molecular weight excluding hydrogens is 344 g/mol. The SMILES string of the molecule is Cc1ccc(-n2[nH]c(C)c(C=Nc3nc4ccc(C)cc4s3)c2=O)cc1. The summed E-state index contributed by atoms with van der Waals surface area (Å²) in [5.74, 6) is 0. The molecule has 26 heavy (non-hydrogen) atoms. The summed E-state index contributed by atoms with van der Waals surface area (Å²) in [5.41, 5.74) is 5.27. The predicted molar refractivity (Wildman–Crippen MR) is 107 cm³/mol. The largest absolute Gasteiger partial charge is 0.295 e. The number of aryl methyl sites for hydroxylation is 3. The minimum Gasteiger partial charge on any atom is -0.295 e. The lowest BCUT2D eigenvalue weighted by molar-refractivity contribution is 0.835. The van der Waals surface area contributed by atoms with Crippen LogP contribution in [0.15, 0.2) is 52.3 Å². The third-order valence-electron chi connectivity index (χ3n) is 4.25. The molecular formula is C20H18N4OS. The maximum absolute atomic E-state index is 12.7. The highest BCUT2D eigenvalue weighted by Crippen LogP contribution is 2.28. The van der Waals surface area contributed by atoms with E-state index in [1.54, 1.807) is 6.21 Å². The summed E-state index contributed by atoms with van der Waals surface area (Å²) in [4.78, 5) is 21.7. The van der Waals surface area contributed by atoms with Gasteiger partial charge in [-0.05, 0) is 50.6 Å². The van der Waals surface area contributed by atoms with Crippen LogP contribution in [-0.2, 0) is 0 Å². The van der Waals surface area contributed by atoms with E-state index in [4.69, 9.17) is 0 Å². The molecule has 0 aliphatic rings. The monoisotopic (exact) mass is 362 g/mol. The van der Waals surface area contributed by atoms with Crippen LogP contribution in [0.3, 0.4) is 0 Å². The Morgan fingerprint density at radius 2 is 1.81 bits per heavy atom. The second kappa shape index (κ2) is 6.38. The zero-order valence-electron chi connectivity index (χ0n) is 14.8. The van der Waals surface area contributed by atoms with Crippen LogP contribution >= 0.6 is 11.3 Å². The quantitative estimate of drug-likeness (QED) is 0.547. The topological polar surface area (TPSA) is 63.0 Å². The molecule has 0 bridgehead atoms. The molecule has 4 rings (SSSR count). The maximum Gasteiger partial charge on any atom is 0.280 e. The van der Waals surface area contributed by atoms with Crippen LogP contribution < -0.4 is 5.56 Å². The lowest BCUT2D eigenvalue weighted by atomic mass is 10.2. The Kier molecular flexibility index (Phi) is 4.05. The van der Waals surface area contributed by atoms with Crippen molar-refractivity contribution < 1.29 is 0 Å². The Hall–Kier alpha value is -2.99. The fourth-order valence-electron chi connectivity index (χ4n) is 2.78. The van der Waals surface area contributed by atoms with Crippen molar-refractivity contribution in [3.63, 3.8) is 0 Å². The zero-order valence-corrected chi connectivity index (χ0v) is 15.6. The first-order valence-corrected chi connectivity index (χ1v) is 9.13. The van der Waals surface area contributed by atoms with Crippen LogP contribution in [0.25, 0.3) is 15.9 Å². The van der Waals surface area contributed by atoms with Crippen molar-refractivity contribution in [1.82, 2.24) is 14.8 Å². The number of H-pyrrole nitrogens is 1. The van der Waals surface area contributed by atoms with Crippen molar-refractivity contribution in [2.75, 3.05) is 0 Å². The molecule has 130 valence electrons. The molecule has 5 nitrogen and oxygen atoms in total. The minimum atomic E-state index is -0.118. The number of nitrogens with one attached hydrogen (secondary N) is 1. The highest BCUT2D eigenvalue weighted by Gasteiger charge is 2.11. The van der Waals surface area contributed by atoms with Crippen LogP contribution in [0.1, 0.15) is 22.4 Å². The molecule has 2 aromatic heterocycles. The summed E-state index contributed by atoms with van der Waals surface area (Å²) in [6, 6.07) is 13.9. The summed E-state index contributed by atoms with van der Waals surface area (Å²) in [6.07, 6.45) is 1.60. The van der Waals surface area contributed by atoms with Gasteiger partial charge in [-0.25, -0.2) is 14.7 Å². The maximum atomic E-state index is 12.7. The summed E-state index contributed by atoms with van der Waals surface area (Å²) < 4.78 is 2.64. The normalized spacial score (nSPS) is 11.7. The van der Waals surface area contributed by atoms with Crippen molar-refractivity contribution >= 4 is 32.9 Å². The zero-order chi connectivity index (χ0) is 18.3. The van der Waals surface area contributed by atoms with Gasteiger partial charge in [0.05, 0.1) is 21.5 Å². The summed E-state index contributed by atoms with van der Waals surface area (Å²) in [5, 5.41) is 3.76. The van der Waals surface area contributed by atoms with E-state index >= 15 is 0 Å². The third kappa shape index (κ3) is 2.99. The van der Waals surface area contributed by atoms with Crippen LogP contribution in [0.2, 0.25) is 0 Å². The number of nitrogens with zero attached hydrogens (tertiary/aromatic N) is 3. The van der Waals surface area contributed by atoms with Crippen LogP contribution in [0.5, 0.6) is 0 Å². The van der Waals surface area contributed by atoms with Crippen molar-refractivity contribution in [2.24, 2.45) is 4.99 Å². The van der Waals surface area contributed by atoms with Crippen molar-refractivity contribution in [2.45, 2.75) is 20.8 Å². The van der Waals surface area contributed by atoms with Gasteiger partial charge in [0.2, 0.25) is 5.13 Å². The van der Waals surface area contributed by atoms with Crippen LogP contribution in [0, 0.1) is 20.8 Å². The summed E-state index contributed by atoms with van der Waals surface area (Å²) >= 11 is 1.52. The molecule has 0 saturated heterocycles. The molecule has 0 saturated carbocycles. The van der Waals surface area contributed by atoms with Crippen molar-refractivity contribution in [1.29, 1.82) is 0 Å². The van der Waals surface area contributed by atoms with E-state index in [1.807, 2.05) is 50.2 Å². The summed E-state index contributed by atoms with van der Waals surface area (Å²) in [7, 11) is 0. The van der Waals surface area contributed by atoms with E-state index in [9.17, 15) is 4.79 Å². The Bertz CT molecular complexity index is 1180. The number of hydrogen-bond donors (Lipinski definition) is 1. The van der Waals surface area contributed by atoms with E-state index in [2.05, 4.69) is 28.1 Å². The van der Waals surface area contributed by atoms with Gasteiger partial charge in [-0.2, -0.15) is 0 Å². The summed E-state index contributed by atoms with van der Waals surface area (Å²) in [6.45, 7) is 5.94. The standard InChI is InChI=1S/C20H18N4OS/c1-12-4-7-15(8-5-12)24-19(25)16(14(3)23-24)11-21-20-22-17-9-6-13(2)10-18(17)26-20/h4-11,23H,1-3H3. The fourth-order valence-corrected chi connectivity index (χ4v) is 3.69. The van der Waals surface area contributed by atoms with E-state index in [1.165, 1.54) is 21.6 Å². The van der Waals surface area contributed by atoms with Gasteiger partial charge in [0.25, 0.3) is 5.56 Å². The van der Waals surface area contributed by atoms with E-state index in [0.29, 0.717) is 10.7 Å². The molecule has 0 unspecified atom stereocenters. The molecule has 6 heteroatoms. The molecule has 4 aromatic rings. The van der Waals surface area contributed by atoms with Crippen LogP contribution in [-0.4, -0.2) is 21.0 Å². The first kappa shape index (κ1) is 16.5. The molecule has 1 N–H and O–H groups in total. The highest BCUT2D eigenvalue weighted by atomic mass is 32.1. The highest BCUT2D eigenvalue weighted by molar-refractivity contribution is 7.22. The molecule has 0 atom stereocenters. The molecule has 0 aliphatic heterocycles. The number of aromatic amines is 1. The molecule has 2 aromatic carbocycles. The predicted octanol–water partition coefficient (Wildman–Crippen LogP) is 4.45. The van der Waals surface area contributed by atoms with Crippen molar-refractivity contribution in [3.05, 3.63) is 75.2 Å². The number of hydrogen-bond acceptors (Lipinski definition) is 4. The number of aliphatic imine (C=N–C) groups is 1. The minimum absolute atomic E-state index is 0.118. The Morgan fingerprint density at radius 1 is 1.08 bits per heavy atom. The number of fused-ring (bicyclic) bond motifs is 1. The van der Waals surface area contributed by atoms with Crippen LogP contribution in [0.4, 0.5) is 5.13 Å². The van der Waals surface area contributed by atoms with Gasteiger partial charge in [-0.15, -0.1) is 0 Å². The molecule has 0 radical (unpaired) electrons. The molecule has 0 amide bonds. The van der Waals surface area contributed by atoms with Gasteiger partial charge < -0.3 is 0 Å². The number of thiazole rings is 1. The Balaban J connectivity index is 1.70. The van der Waals surface area contributed by atoms with Gasteiger partial charge in [0, 0.05) is 11.9 Å². The third-order valence-corrected chi connectivity index (χ3v) is 5.17. The van der Waals surface area contributed by atoms with Gasteiger partial charge in [0.15, 0.2) is 0 Å². The van der Waals surface area contributed by atoms with Crippen molar-refractivity contribution in [3.8, 4) is 5.69 Å². The molecule has 2 heterocycles.